The molecule has 0 bridgehead atoms. The summed E-state index contributed by atoms with van der Waals surface area (Å²) in [5, 5.41) is 6.33. The van der Waals surface area contributed by atoms with Gasteiger partial charge in [-0.2, -0.15) is 5.10 Å². The first kappa shape index (κ1) is 26.6. The Morgan fingerprint density at radius 1 is 1.05 bits per heavy atom. The molecule has 3 aromatic rings. The van der Waals surface area contributed by atoms with Crippen LogP contribution >= 0.6 is 0 Å². The number of carbonyl (C=O) groups is 2. The van der Waals surface area contributed by atoms with Crippen LogP contribution in [0.5, 0.6) is 5.75 Å². The summed E-state index contributed by atoms with van der Waals surface area (Å²) < 4.78 is 16.1. The van der Waals surface area contributed by atoms with Gasteiger partial charge in [-0.1, -0.05) is 29.8 Å². The molecule has 1 saturated heterocycles. The van der Waals surface area contributed by atoms with Gasteiger partial charge in [0, 0.05) is 32.6 Å². The average molecular weight is 531 g/mol. The number of methoxy groups -OCH3 is 1. The summed E-state index contributed by atoms with van der Waals surface area (Å²) in [6, 6.07) is 18.9. The number of hydrogen-bond acceptors (Lipinski definition) is 7. The van der Waals surface area contributed by atoms with Gasteiger partial charge in [-0.15, -0.1) is 0 Å². The van der Waals surface area contributed by atoms with Crippen molar-refractivity contribution >= 4 is 17.5 Å². The Kier molecular flexibility index (Phi) is 8.39. The number of hydrogen-bond donors (Lipinski definition) is 0. The number of hydrazone groups is 1. The van der Waals surface area contributed by atoms with Gasteiger partial charge in [-0.25, -0.2) is 5.01 Å². The minimum absolute atomic E-state index is 0.106. The highest BCUT2D eigenvalue weighted by molar-refractivity contribution is 6.03. The minimum Gasteiger partial charge on any atom is -0.497 e. The number of aryl methyl sites for hydroxylation is 1. The number of nitrogens with zero attached hydrogens (tertiary/aromatic N) is 4. The molecule has 9 nitrogen and oxygen atoms in total. The van der Waals surface area contributed by atoms with E-state index in [2.05, 4.69) is 4.90 Å². The third-order valence-electron chi connectivity index (χ3n) is 7.19. The first-order valence-electron chi connectivity index (χ1n) is 13.3. The van der Waals surface area contributed by atoms with Gasteiger partial charge in [0.05, 0.1) is 38.3 Å². The summed E-state index contributed by atoms with van der Waals surface area (Å²) in [7, 11) is 1.63. The maximum atomic E-state index is 13.8. The molecule has 0 N–H and O–H groups in total. The van der Waals surface area contributed by atoms with Crippen molar-refractivity contribution in [2.75, 3.05) is 53.0 Å². The molecule has 0 saturated carbocycles. The zero-order chi connectivity index (χ0) is 27.2. The number of ether oxygens (including phenoxy) is 2. The van der Waals surface area contributed by atoms with Crippen LogP contribution in [-0.2, 0) is 9.53 Å². The molecule has 204 valence electrons. The number of furan rings is 1. The van der Waals surface area contributed by atoms with E-state index >= 15 is 0 Å². The average Bonchev–Trinajstić information content (AvgIpc) is 3.67. The molecule has 0 aliphatic carbocycles. The van der Waals surface area contributed by atoms with Crippen molar-refractivity contribution in [2.24, 2.45) is 5.10 Å². The number of carbonyl (C=O) groups excluding carboxylic acids is 2. The Bertz CT molecular complexity index is 1280. The van der Waals surface area contributed by atoms with E-state index in [1.807, 2.05) is 55.5 Å². The third-order valence-corrected chi connectivity index (χ3v) is 7.19. The molecule has 39 heavy (non-hydrogen) atoms. The second-order valence-corrected chi connectivity index (χ2v) is 9.80. The molecular formula is C30H34N4O5. The molecule has 3 heterocycles. The standard InChI is InChI=1S/C30H34N4O5/c1-22-5-7-24(8-6-22)27-20-26(23-9-11-25(37-2)12-10-23)31-34(27)29(35)21-33(30(36)28-4-3-17-39-28)14-13-32-15-18-38-19-16-32/h3-12,17,27H,13-16,18-21H2,1-2H3. The van der Waals surface area contributed by atoms with Crippen LogP contribution in [0.2, 0.25) is 0 Å². The van der Waals surface area contributed by atoms with Crippen LogP contribution in [0.4, 0.5) is 0 Å². The van der Waals surface area contributed by atoms with Gasteiger partial charge >= 0.3 is 0 Å². The second kappa shape index (κ2) is 12.3. The quantitative estimate of drug-likeness (QED) is 0.419. The van der Waals surface area contributed by atoms with Crippen LogP contribution in [0, 0.1) is 6.92 Å². The largest absolute Gasteiger partial charge is 0.497 e. The molecule has 2 aromatic carbocycles. The fourth-order valence-corrected chi connectivity index (χ4v) is 4.88. The van der Waals surface area contributed by atoms with Crippen LogP contribution < -0.4 is 4.74 Å². The third kappa shape index (κ3) is 6.38. The van der Waals surface area contributed by atoms with E-state index in [0.29, 0.717) is 32.7 Å². The highest BCUT2D eigenvalue weighted by Gasteiger charge is 2.35. The SMILES string of the molecule is COc1ccc(C2=NN(C(=O)CN(CCN3CCOCC3)C(=O)c3ccco3)C(c3ccc(C)cc3)C2)cc1. The monoisotopic (exact) mass is 530 g/mol. The summed E-state index contributed by atoms with van der Waals surface area (Å²) in [6.07, 6.45) is 2.04. The van der Waals surface area contributed by atoms with Gasteiger partial charge in [0.2, 0.25) is 0 Å². The van der Waals surface area contributed by atoms with Crippen molar-refractivity contribution in [1.82, 2.24) is 14.8 Å². The number of amides is 2. The van der Waals surface area contributed by atoms with Gasteiger partial charge in [0.1, 0.15) is 12.3 Å². The van der Waals surface area contributed by atoms with Gasteiger partial charge in [0.15, 0.2) is 5.76 Å². The lowest BCUT2D eigenvalue weighted by Crippen LogP contribution is -2.46. The number of morpholine rings is 1. The van der Waals surface area contributed by atoms with E-state index in [0.717, 1.165) is 41.2 Å². The van der Waals surface area contributed by atoms with Crippen molar-refractivity contribution in [3.63, 3.8) is 0 Å². The zero-order valence-corrected chi connectivity index (χ0v) is 22.4. The molecular weight excluding hydrogens is 496 g/mol. The van der Waals surface area contributed by atoms with E-state index < -0.39 is 0 Å². The predicted octanol–water partition coefficient (Wildman–Crippen LogP) is 3.75. The Labute approximate surface area is 228 Å². The van der Waals surface area contributed by atoms with Crippen LogP contribution in [-0.4, -0.2) is 85.4 Å². The Balaban J connectivity index is 1.39. The molecule has 2 amide bonds. The van der Waals surface area contributed by atoms with E-state index in [4.69, 9.17) is 19.0 Å². The maximum absolute atomic E-state index is 13.8. The van der Waals surface area contributed by atoms with Crippen molar-refractivity contribution in [2.45, 2.75) is 19.4 Å². The summed E-state index contributed by atoms with van der Waals surface area (Å²) >= 11 is 0. The summed E-state index contributed by atoms with van der Waals surface area (Å²) in [5.74, 6) is 0.412. The Morgan fingerprint density at radius 3 is 2.46 bits per heavy atom. The van der Waals surface area contributed by atoms with Crippen molar-refractivity contribution < 1.29 is 23.5 Å². The summed E-state index contributed by atoms with van der Waals surface area (Å²) in [5.41, 5.74) is 3.88. The fourth-order valence-electron chi connectivity index (χ4n) is 4.88. The molecule has 0 radical (unpaired) electrons. The molecule has 9 heteroatoms. The van der Waals surface area contributed by atoms with Gasteiger partial charge in [-0.05, 0) is 54.4 Å². The highest BCUT2D eigenvalue weighted by atomic mass is 16.5. The van der Waals surface area contributed by atoms with Crippen LogP contribution in [0.3, 0.4) is 0 Å². The molecule has 1 unspecified atom stereocenters. The topological polar surface area (TPSA) is 87.8 Å². The van der Waals surface area contributed by atoms with Crippen LogP contribution in [0.25, 0.3) is 0 Å². The Morgan fingerprint density at radius 2 is 1.79 bits per heavy atom. The van der Waals surface area contributed by atoms with Gasteiger partial charge in [0.25, 0.3) is 11.8 Å². The molecule has 1 atom stereocenters. The molecule has 1 fully saturated rings. The molecule has 2 aliphatic rings. The second-order valence-electron chi connectivity index (χ2n) is 9.80. The molecule has 5 rings (SSSR count). The summed E-state index contributed by atoms with van der Waals surface area (Å²) in [6.45, 7) is 5.90. The van der Waals surface area contributed by atoms with E-state index in [-0.39, 0.29) is 30.2 Å². The van der Waals surface area contributed by atoms with Gasteiger partial charge in [-0.3, -0.25) is 14.5 Å². The maximum Gasteiger partial charge on any atom is 0.290 e. The van der Waals surface area contributed by atoms with Gasteiger partial charge < -0.3 is 18.8 Å². The lowest BCUT2D eigenvalue weighted by molar-refractivity contribution is -0.133. The van der Waals surface area contributed by atoms with Crippen LogP contribution in [0.15, 0.2) is 76.4 Å². The van der Waals surface area contributed by atoms with E-state index in [1.165, 1.54) is 6.26 Å². The lowest BCUT2D eigenvalue weighted by atomic mass is 9.97. The van der Waals surface area contributed by atoms with Crippen LogP contribution in [0.1, 0.15) is 39.7 Å². The Hall–Kier alpha value is -3.95. The number of rotatable bonds is 9. The first-order chi connectivity index (χ1) is 19.0. The molecule has 0 spiro atoms. The zero-order valence-electron chi connectivity index (χ0n) is 22.4. The van der Waals surface area contributed by atoms with Crippen molar-refractivity contribution in [3.8, 4) is 5.75 Å². The highest BCUT2D eigenvalue weighted by Crippen LogP contribution is 2.33. The smallest absolute Gasteiger partial charge is 0.290 e. The van der Waals surface area contributed by atoms with E-state index in [9.17, 15) is 9.59 Å². The fraction of sp³-hybridized carbons (Fsp3) is 0.367. The van der Waals surface area contributed by atoms with Crippen molar-refractivity contribution in [1.29, 1.82) is 0 Å². The lowest BCUT2D eigenvalue weighted by Gasteiger charge is -2.30. The number of benzene rings is 2. The van der Waals surface area contributed by atoms with E-state index in [1.54, 1.807) is 29.2 Å². The minimum atomic E-state index is -0.313. The van der Waals surface area contributed by atoms with Crippen molar-refractivity contribution in [3.05, 3.63) is 89.4 Å². The molecule has 1 aromatic heterocycles. The normalized spacial score (nSPS) is 17.6. The summed E-state index contributed by atoms with van der Waals surface area (Å²) in [4.78, 5) is 31.0. The first-order valence-corrected chi connectivity index (χ1v) is 13.3. The molecule has 2 aliphatic heterocycles. The predicted molar refractivity (Wildman–Crippen MR) is 147 cm³/mol.